The maximum absolute atomic E-state index is 11.6. The van der Waals surface area contributed by atoms with Crippen molar-refractivity contribution in [2.45, 2.75) is 38.8 Å². The van der Waals surface area contributed by atoms with E-state index in [1.54, 1.807) is 0 Å². The van der Waals surface area contributed by atoms with Crippen LogP contribution in [0.3, 0.4) is 0 Å². The summed E-state index contributed by atoms with van der Waals surface area (Å²) >= 11 is 0. The second-order valence-corrected chi connectivity index (χ2v) is 4.58. The van der Waals surface area contributed by atoms with Crippen LogP contribution in [-0.4, -0.2) is 42.2 Å². The molecule has 1 atom stereocenters. The molecule has 0 amide bonds. The molecular formula is C10H18NO3. The van der Waals surface area contributed by atoms with Crippen LogP contribution in [0.1, 0.15) is 27.2 Å². The van der Waals surface area contributed by atoms with Crippen molar-refractivity contribution < 1.29 is 14.6 Å². The summed E-state index contributed by atoms with van der Waals surface area (Å²) in [6, 6.07) is -0.178. The third-order valence-electron chi connectivity index (χ3n) is 2.19. The number of nitrogens with zero attached hydrogens (tertiary/aromatic N) is 1. The van der Waals surface area contributed by atoms with Gasteiger partial charge in [0.2, 0.25) is 0 Å². The van der Waals surface area contributed by atoms with Crippen LogP contribution in [-0.2, 0) is 14.6 Å². The maximum Gasteiger partial charge on any atom is 0.323 e. The van der Waals surface area contributed by atoms with Crippen molar-refractivity contribution in [1.29, 1.82) is 0 Å². The molecule has 1 aliphatic heterocycles. The molecule has 4 heteroatoms. The molecule has 1 aliphatic rings. The predicted molar refractivity (Wildman–Crippen MR) is 51.4 cm³/mol. The van der Waals surface area contributed by atoms with Crippen LogP contribution in [0.4, 0.5) is 0 Å². The molecule has 0 aromatic heterocycles. The molecule has 81 valence electrons. The van der Waals surface area contributed by atoms with Crippen molar-refractivity contribution >= 4 is 5.97 Å². The van der Waals surface area contributed by atoms with Crippen molar-refractivity contribution in [2.24, 2.45) is 0 Å². The lowest BCUT2D eigenvalue weighted by atomic mass is 10.0. The fourth-order valence-electron chi connectivity index (χ4n) is 1.46. The van der Waals surface area contributed by atoms with Gasteiger partial charge in [-0.1, -0.05) is 0 Å². The van der Waals surface area contributed by atoms with Crippen LogP contribution in [0.2, 0.25) is 0 Å². The number of hydrogen-bond acceptors (Lipinski definition) is 3. The molecule has 1 fully saturated rings. The molecule has 1 unspecified atom stereocenters. The Morgan fingerprint density at radius 1 is 1.50 bits per heavy atom. The minimum absolute atomic E-state index is 0.153. The smallest absolute Gasteiger partial charge is 0.323 e. The van der Waals surface area contributed by atoms with Gasteiger partial charge in [-0.05, 0) is 27.2 Å². The molecule has 4 nitrogen and oxygen atoms in total. The summed E-state index contributed by atoms with van der Waals surface area (Å²) in [6.45, 7) is 6.68. The Morgan fingerprint density at radius 2 is 2.14 bits per heavy atom. The van der Waals surface area contributed by atoms with Gasteiger partial charge in [-0.2, -0.15) is 0 Å². The normalized spacial score (nSPS) is 23.0. The van der Waals surface area contributed by atoms with Gasteiger partial charge < -0.3 is 4.74 Å². The van der Waals surface area contributed by atoms with Gasteiger partial charge in [0, 0.05) is 13.1 Å². The van der Waals surface area contributed by atoms with Gasteiger partial charge in [0.25, 0.3) is 0 Å². The van der Waals surface area contributed by atoms with E-state index in [1.807, 2.05) is 25.7 Å². The Hall–Kier alpha value is -0.610. The van der Waals surface area contributed by atoms with E-state index < -0.39 is 5.60 Å². The topological polar surface area (TPSA) is 49.4 Å². The lowest BCUT2D eigenvalue weighted by Gasteiger charge is -2.39. The standard InChI is InChI=1S/C10H18NO3/c1-10(2,3)14-9(13)8-4-5-11(8)6-7-12/h8H,4-7H2,1-3H3. The molecule has 0 bridgehead atoms. The van der Waals surface area contributed by atoms with Crippen LogP contribution in [0, 0.1) is 0 Å². The molecule has 0 N–H and O–H groups in total. The van der Waals surface area contributed by atoms with Gasteiger partial charge in [0.15, 0.2) is 0 Å². The molecule has 0 spiro atoms. The summed E-state index contributed by atoms with van der Waals surface area (Å²) in [5.41, 5.74) is -0.435. The summed E-state index contributed by atoms with van der Waals surface area (Å²) in [4.78, 5) is 13.4. The van der Waals surface area contributed by atoms with E-state index in [9.17, 15) is 9.90 Å². The molecule has 1 rings (SSSR count). The van der Waals surface area contributed by atoms with Gasteiger partial charge in [-0.3, -0.25) is 9.69 Å². The van der Waals surface area contributed by atoms with E-state index in [2.05, 4.69) is 0 Å². The summed E-state index contributed by atoms with van der Waals surface area (Å²) in [5.74, 6) is -0.197. The maximum atomic E-state index is 11.6. The zero-order chi connectivity index (χ0) is 10.8. The average molecular weight is 200 g/mol. The minimum Gasteiger partial charge on any atom is -0.459 e. The first-order chi connectivity index (χ1) is 6.44. The average Bonchev–Trinajstić information content (AvgIpc) is 1.93. The molecule has 14 heavy (non-hydrogen) atoms. The number of hydrogen-bond donors (Lipinski definition) is 0. The first kappa shape index (κ1) is 11.5. The summed E-state index contributed by atoms with van der Waals surface area (Å²) in [7, 11) is 0. The number of esters is 1. The van der Waals surface area contributed by atoms with Gasteiger partial charge in [0.05, 0.1) is 6.61 Å². The van der Waals surface area contributed by atoms with E-state index in [1.165, 1.54) is 0 Å². The largest absolute Gasteiger partial charge is 0.459 e. The first-order valence-corrected chi connectivity index (χ1v) is 4.99. The van der Waals surface area contributed by atoms with E-state index >= 15 is 0 Å². The Morgan fingerprint density at radius 3 is 2.50 bits per heavy atom. The van der Waals surface area contributed by atoms with E-state index in [-0.39, 0.29) is 18.6 Å². The third kappa shape index (κ3) is 2.96. The summed E-state index contributed by atoms with van der Waals surface area (Å²) < 4.78 is 5.24. The van der Waals surface area contributed by atoms with Gasteiger partial charge in [-0.15, -0.1) is 0 Å². The second kappa shape index (κ2) is 4.28. The number of carbonyl (C=O) groups excluding carboxylic acids is 1. The summed E-state index contributed by atoms with van der Waals surface area (Å²) in [6.07, 6.45) is 0.814. The monoisotopic (exact) mass is 200 g/mol. The third-order valence-corrected chi connectivity index (χ3v) is 2.19. The van der Waals surface area contributed by atoms with Crippen LogP contribution in [0.25, 0.3) is 0 Å². The van der Waals surface area contributed by atoms with Crippen molar-refractivity contribution in [3.63, 3.8) is 0 Å². The number of likely N-dealkylation sites (tertiary alicyclic amines) is 1. The number of carbonyl (C=O) groups is 1. The van der Waals surface area contributed by atoms with E-state index in [0.717, 1.165) is 13.0 Å². The molecule has 0 aromatic rings. The van der Waals surface area contributed by atoms with Crippen molar-refractivity contribution in [3.8, 4) is 0 Å². The lowest BCUT2D eigenvalue weighted by molar-refractivity contribution is -0.166. The predicted octanol–water partition coefficient (Wildman–Crippen LogP) is 0.833. The van der Waals surface area contributed by atoms with Crippen LogP contribution in [0.15, 0.2) is 0 Å². The van der Waals surface area contributed by atoms with E-state index in [4.69, 9.17) is 4.74 Å². The fourth-order valence-corrected chi connectivity index (χ4v) is 1.46. The Bertz CT molecular complexity index is 210. The number of rotatable bonds is 3. The molecule has 0 saturated carbocycles. The van der Waals surface area contributed by atoms with E-state index in [0.29, 0.717) is 6.54 Å². The van der Waals surface area contributed by atoms with Crippen LogP contribution >= 0.6 is 0 Å². The highest BCUT2D eigenvalue weighted by Gasteiger charge is 2.36. The van der Waals surface area contributed by atoms with Gasteiger partial charge in [0.1, 0.15) is 11.6 Å². The van der Waals surface area contributed by atoms with Gasteiger partial charge in [-0.25, -0.2) is 5.11 Å². The highest BCUT2D eigenvalue weighted by atomic mass is 16.6. The fraction of sp³-hybridized carbons (Fsp3) is 0.900. The lowest BCUT2D eigenvalue weighted by Crippen LogP contribution is -2.54. The SMILES string of the molecule is CC(C)(C)OC(=O)C1CCN1CC[O]. The highest BCUT2D eigenvalue weighted by molar-refractivity contribution is 5.77. The first-order valence-electron chi connectivity index (χ1n) is 4.99. The Kier molecular flexibility index (Phi) is 3.50. The highest BCUT2D eigenvalue weighted by Crippen LogP contribution is 2.20. The van der Waals surface area contributed by atoms with Gasteiger partial charge >= 0.3 is 5.97 Å². The molecule has 1 heterocycles. The zero-order valence-electron chi connectivity index (χ0n) is 9.08. The Labute approximate surface area is 84.8 Å². The molecular weight excluding hydrogens is 182 g/mol. The molecule has 0 aromatic carbocycles. The van der Waals surface area contributed by atoms with Crippen molar-refractivity contribution in [1.82, 2.24) is 4.90 Å². The van der Waals surface area contributed by atoms with Crippen molar-refractivity contribution in [2.75, 3.05) is 19.7 Å². The van der Waals surface area contributed by atoms with Crippen molar-refractivity contribution in [3.05, 3.63) is 0 Å². The van der Waals surface area contributed by atoms with Crippen LogP contribution < -0.4 is 0 Å². The Balaban J connectivity index is 2.38. The molecule has 1 radical (unpaired) electrons. The second-order valence-electron chi connectivity index (χ2n) is 4.58. The summed E-state index contributed by atoms with van der Waals surface area (Å²) in [5, 5.41) is 10.4. The molecule has 1 saturated heterocycles. The molecule has 0 aliphatic carbocycles. The number of ether oxygens (including phenoxy) is 1. The zero-order valence-corrected chi connectivity index (χ0v) is 9.08. The minimum atomic E-state index is -0.435. The van der Waals surface area contributed by atoms with Crippen LogP contribution in [0.5, 0.6) is 0 Å². The quantitative estimate of drug-likeness (QED) is 0.634.